The first kappa shape index (κ1) is 14.5. The van der Waals surface area contributed by atoms with Gasteiger partial charge < -0.3 is 4.90 Å². The summed E-state index contributed by atoms with van der Waals surface area (Å²) >= 11 is 0. The van der Waals surface area contributed by atoms with Crippen LogP contribution < -0.4 is 0 Å². The molecule has 3 nitrogen and oxygen atoms in total. The molecule has 1 aliphatic rings. The third-order valence-electron chi connectivity index (χ3n) is 3.94. The third-order valence-corrected chi connectivity index (χ3v) is 3.94. The lowest BCUT2D eigenvalue weighted by Crippen LogP contribution is -2.58. The van der Waals surface area contributed by atoms with E-state index in [9.17, 15) is 4.39 Å². The topological polar surface area (TPSA) is 50.8 Å². The fraction of sp³-hybridized carbons (Fsp3) is 0.500. The van der Waals surface area contributed by atoms with Crippen molar-refractivity contribution in [3.63, 3.8) is 0 Å². The Kier molecular flexibility index (Phi) is 4.37. The van der Waals surface area contributed by atoms with Crippen LogP contribution in [0.2, 0.25) is 0 Å². The summed E-state index contributed by atoms with van der Waals surface area (Å²) in [7, 11) is 0. The second kappa shape index (κ2) is 6.03. The molecule has 0 spiro atoms. The Hall–Kier alpha value is -1.91. The van der Waals surface area contributed by atoms with Crippen LogP contribution >= 0.6 is 0 Å². The van der Waals surface area contributed by atoms with Crippen molar-refractivity contribution in [3.8, 4) is 12.1 Å². The SMILES string of the molecule is CC1(c2ccccc2F)CN(CC(C#N)CCC#N)C1. The van der Waals surface area contributed by atoms with E-state index in [1.165, 1.54) is 6.07 Å². The molecule has 1 aromatic carbocycles. The van der Waals surface area contributed by atoms with Crippen LogP contribution in [0.3, 0.4) is 0 Å². The smallest absolute Gasteiger partial charge is 0.127 e. The first-order valence-electron chi connectivity index (χ1n) is 6.83. The van der Waals surface area contributed by atoms with E-state index in [0.717, 1.165) is 18.7 Å². The maximum Gasteiger partial charge on any atom is 0.127 e. The van der Waals surface area contributed by atoms with Gasteiger partial charge in [0.15, 0.2) is 0 Å². The summed E-state index contributed by atoms with van der Waals surface area (Å²) in [5, 5.41) is 17.6. The predicted molar refractivity (Wildman–Crippen MR) is 74.1 cm³/mol. The third kappa shape index (κ3) is 2.98. The van der Waals surface area contributed by atoms with Gasteiger partial charge >= 0.3 is 0 Å². The van der Waals surface area contributed by atoms with E-state index in [1.807, 2.05) is 12.1 Å². The van der Waals surface area contributed by atoms with Gasteiger partial charge in [0.05, 0.1) is 18.1 Å². The van der Waals surface area contributed by atoms with Crippen molar-refractivity contribution in [3.05, 3.63) is 35.6 Å². The zero-order valence-corrected chi connectivity index (χ0v) is 11.6. The highest BCUT2D eigenvalue weighted by Gasteiger charge is 2.42. The van der Waals surface area contributed by atoms with Crippen LogP contribution in [0.25, 0.3) is 0 Å². The lowest BCUT2D eigenvalue weighted by Gasteiger charge is -2.49. The molecule has 1 atom stereocenters. The summed E-state index contributed by atoms with van der Waals surface area (Å²) in [6.07, 6.45) is 1.02. The first-order chi connectivity index (χ1) is 9.59. The van der Waals surface area contributed by atoms with Crippen LogP contribution in [-0.2, 0) is 5.41 Å². The van der Waals surface area contributed by atoms with Gasteiger partial charge in [-0.25, -0.2) is 4.39 Å². The quantitative estimate of drug-likeness (QED) is 0.827. The minimum Gasteiger partial charge on any atom is -0.300 e. The zero-order valence-electron chi connectivity index (χ0n) is 11.6. The fourth-order valence-electron chi connectivity index (χ4n) is 2.94. The number of halogens is 1. The molecule has 4 heteroatoms. The molecule has 2 rings (SSSR count). The lowest BCUT2D eigenvalue weighted by atomic mass is 9.75. The minimum atomic E-state index is -0.166. The average molecular weight is 271 g/mol. The van der Waals surface area contributed by atoms with Gasteiger partial charge in [0.25, 0.3) is 0 Å². The molecule has 1 heterocycles. The van der Waals surface area contributed by atoms with E-state index in [-0.39, 0.29) is 17.2 Å². The van der Waals surface area contributed by atoms with Crippen LogP contribution in [0.4, 0.5) is 4.39 Å². The fourth-order valence-corrected chi connectivity index (χ4v) is 2.94. The molecule has 0 amide bonds. The maximum absolute atomic E-state index is 13.8. The highest BCUT2D eigenvalue weighted by atomic mass is 19.1. The van der Waals surface area contributed by atoms with Crippen LogP contribution in [0.15, 0.2) is 24.3 Å². The number of hydrogen-bond acceptors (Lipinski definition) is 3. The Morgan fingerprint density at radius 3 is 2.65 bits per heavy atom. The Morgan fingerprint density at radius 1 is 1.35 bits per heavy atom. The number of benzene rings is 1. The standard InChI is InChI=1S/C16H18FN3/c1-16(14-6-2-3-7-15(14)17)11-20(12-16)10-13(9-19)5-4-8-18/h2-3,6-7,13H,4-5,10-12H2,1H3. The van der Waals surface area contributed by atoms with Gasteiger partial charge in [-0.05, 0) is 18.1 Å². The molecule has 1 aromatic rings. The second-order valence-electron chi connectivity index (χ2n) is 5.73. The summed E-state index contributed by atoms with van der Waals surface area (Å²) in [5.41, 5.74) is 0.586. The zero-order chi connectivity index (χ0) is 14.6. The molecule has 0 bridgehead atoms. The summed E-state index contributed by atoms with van der Waals surface area (Å²) < 4.78 is 13.8. The number of likely N-dealkylation sites (tertiary alicyclic amines) is 1. The molecular weight excluding hydrogens is 253 g/mol. The summed E-state index contributed by atoms with van der Waals surface area (Å²) in [6, 6.07) is 11.2. The molecule has 0 radical (unpaired) electrons. The van der Waals surface area contributed by atoms with Crippen LogP contribution in [0, 0.1) is 34.4 Å². The van der Waals surface area contributed by atoms with E-state index in [1.54, 1.807) is 6.07 Å². The molecule has 0 aliphatic carbocycles. The van der Waals surface area contributed by atoms with Gasteiger partial charge in [0.2, 0.25) is 0 Å². The molecule has 1 fully saturated rings. The van der Waals surface area contributed by atoms with E-state index in [4.69, 9.17) is 10.5 Å². The molecule has 0 N–H and O–H groups in total. The highest BCUT2D eigenvalue weighted by molar-refractivity contribution is 5.30. The molecule has 20 heavy (non-hydrogen) atoms. The van der Waals surface area contributed by atoms with Crippen molar-refractivity contribution < 1.29 is 4.39 Å². The molecular formula is C16H18FN3. The monoisotopic (exact) mass is 271 g/mol. The van der Waals surface area contributed by atoms with E-state index >= 15 is 0 Å². The minimum absolute atomic E-state index is 0.111. The van der Waals surface area contributed by atoms with Crippen molar-refractivity contribution >= 4 is 0 Å². The van der Waals surface area contributed by atoms with Crippen molar-refractivity contribution in [2.45, 2.75) is 25.2 Å². The van der Waals surface area contributed by atoms with Crippen LogP contribution in [0.5, 0.6) is 0 Å². The number of rotatable bonds is 5. The summed E-state index contributed by atoms with van der Waals surface area (Å²) in [6.45, 7) is 4.25. The number of nitriles is 2. The van der Waals surface area contributed by atoms with Crippen molar-refractivity contribution in [2.75, 3.05) is 19.6 Å². The molecule has 1 aliphatic heterocycles. The average Bonchev–Trinajstić information content (AvgIpc) is 2.41. The van der Waals surface area contributed by atoms with E-state index < -0.39 is 0 Å². The van der Waals surface area contributed by atoms with Crippen LogP contribution in [0.1, 0.15) is 25.3 Å². The molecule has 1 unspecified atom stereocenters. The first-order valence-corrected chi connectivity index (χ1v) is 6.83. The molecule has 0 saturated carbocycles. The summed E-state index contributed by atoms with van der Waals surface area (Å²) in [5.74, 6) is -0.268. The Balaban J connectivity index is 1.92. The lowest BCUT2D eigenvalue weighted by molar-refractivity contribution is 0.0652. The summed E-state index contributed by atoms with van der Waals surface area (Å²) in [4.78, 5) is 2.16. The Morgan fingerprint density at radius 2 is 2.05 bits per heavy atom. The number of nitrogens with zero attached hydrogens (tertiary/aromatic N) is 3. The number of hydrogen-bond donors (Lipinski definition) is 0. The largest absolute Gasteiger partial charge is 0.300 e. The van der Waals surface area contributed by atoms with Crippen molar-refractivity contribution in [1.29, 1.82) is 10.5 Å². The van der Waals surface area contributed by atoms with Gasteiger partial charge in [-0.2, -0.15) is 10.5 Å². The normalized spacial score (nSPS) is 18.6. The Bertz CT molecular complexity index is 550. The van der Waals surface area contributed by atoms with Crippen molar-refractivity contribution in [2.24, 2.45) is 5.92 Å². The molecule has 1 saturated heterocycles. The molecule has 0 aromatic heterocycles. The maximum atomic E-state index is 13.8. The van der Waals surface area contributed by atoms with Gasteiger partial charge in [0.1, 0.15) is 5.82 Å². The molecule has 104 valence electrons. The van der Waals surface area contributed by atoms with Gasteiger partial charge in [-0.15, -0.1) is 0 Å². The van der Waals surface area contributed by atoms with E-state index in [0.29, 0.717) is 19.4 Å². The predicted octanol–water partition coefficient (Wildman–Crippen LogP) is 2.84. The van der Waals surface area contributed by atoms with Gasteiger partial charge in [-0.3, -0.25) is 0 Å². The van der Waals surface area contributed by atoms with Gasteiger partial charge in [-0.1, -0.05) is 25.1 Å². The second-order valence-corrected chi connectivity index (χ2v) is 5.73. The van der Waals surface area contributed by atoms with E-state index in [2.05, 4.69) is 24.0 Å². The van der Waals surface area contributed by atoms with Crippen LogP contribution in [-0.4, -0.2) is 24.5 Å². The van der Waals surface area contributed by atoms with Crippen molar-refractivity contribution in [1.82, 2.24) is 4.90 Å². The van der Waals surface area contributed by atoms with Gasteiger partial charge in [0, 0.05) is 31.5 Å². The highest BCUT2D eigenvalue weighted by Crippen LogP contribution is 2.36. The Labute approximate surface area is 119 Å².